The first-order valence-corrected chi connectivity index (χ1v) is 6.24. The molecule has 1 saturated heterocycles. The molecular formula is C13H15F2N3O2. The van der Waals surface area contributed by atoms with Crippen LogP contribution in [0, 0.1) is 17.6 Å². The van der Waals surface area contributed by atoms with Crippen molar-refractivity contribution in [3.63, 3.8) is 0 Å². The average molecular weight is 283 g/mol. The second-order valence-electron chi connectivity index (χ2n) is 4.74. The largest absolute Gasteiger partial charge is 0.409 e. The zero-order valence-corrected chi connectivity index (χ0v) is 10.7. The van der Waals surface area contributed by atoms with E-state index in [1.54, 1.807) is 0 Å². The van der Waals surface area contributed by atoms with Gasteiger partial charge >= 0.3 is 0 Å². The van der Waals surface area contributed by atoms with E-state index in [0.717, 1.165) is 18.2 Å². The first-order valence-electron chi connectivity index (χ1n) is 6.24. The molecule has 1 aromatic carbocycles. The van der Waals surface area contributed by atoms with Gasteiger partial charge in [0.1, 0.15) is 17.5 Å². The van der Waals surface area contributed by atoms with Crippen molar-refractivity contribution in [2.24, 2.45) is 16.8 Å². The molecule has 5 nitrogen and oxygen atoms in total. The second-order valence-corrected chi connectivity index (χ2v) is 4.74. The van der Waals surface area contributed by atoms with Crippen LogP contribution in [0.4, 0.5) is 8.78 Å². The Labute approximate surface area is 114 Å². The maximum absolute atomic E-state index is 13.6. The number of carbonyl (C=O) groups excluding carboxylic acids is 1. The number of amidine groups is 1. The quantitative estimate of drug-likeness (QED) is 0.374. The summed E-state index contributed by atoms with van der Waals surface area (Å²) in [5.74, 6) is -2.24. The number of benzene rings is 1. The number of hydrogen-bond donors (Lipinski definition) is 2. The number of nitrogens with two attached hydrogens (primary N) is 1. The molecule has 1 aliphatic heterocycles. The summed E-state index contributed by atoms with van der Waals surface area (Å²) in [5, 5.41) is 11.6. The highest BCUT2D eigenvalue weighted by Crippen LogP contribution is 2.20. The van der Waals surface area contributed by atoms with Crippen molar-refractivity contribution in [1.82, 2.24) is 4.90 Å². The summed E-state index contributed by atoms with van der Waals surface area (Å²) in [6.45, 7) is 0.661. The molecule has 0 saturated carbocycles. The van der Waals surface area contributed by atoms with Gasteiger partial charge in [-0.1, -0.05) is 5.16 Å². The third-order valence-corrected chi connectivity index (χ3v) is 3.40. The van der Waals surface area contributed by atoms with E-state index in [1.807, 2.05) is 0 Å². The van der Waals surface area contributed by atoms with Gasteiger partial charge in [-0.05, 0) is 31.0 Å². The highest BCUT2D eigenvalue weighted by molar-refractivity contribution is 5.95. The van der Waals surface area contributed by atoms with Gasteiger partial charge in [0.25, 0.3) is 5.91 Å². The monoisotopic (exact) mass is 283 g/mol. The number of likely N-dealkylation sites (tertiary alicyclic amines) is 1. The van der Waals surface area contributed by atoms with Crippen LogP contribution in [0.3, 0.4) is 0 Å². The van der Waals surface area contributed by atoms with Crippen LogP contribution >= 0.6 is 0 Å². The second kappa shape index (κ2) is 5.85. The van der Waals surface area contributed by atoms with Crippen LogP contribution in [0.1, 0.15) is 23.2 Å². The van der Waals surface area contributed by atoms with E-state index in [9.17, 15) is 13.6 Å². The average Bonchev–Trinajstić information content (AvgIpc) is 2.48. The van der Waals surface area contributed by atoms with Crippen LogP contribution in [-0.4, -0.2) is 34.9 Å². The van der Waals surface area contributed by atoms with Gasteiger partial charge in [-0.2, -0.15) is 0 Å². The maximum atomic E-state index is 13.6. The van der Waals surface area contributed by atoms with Crippen molar-refractivity contribution >= 4 is 11.7 Å². The molecule has 108 valence electrons. The lowest BCUT2D eigenvalue weighted by Gasteiger charge is -2.32. The number of amides is 1. The molecule has 0 spiro atoms. The topological polar surface area (TPSA) is 78.9 Å². The first kappa shape index (κ1) is 14.2. The number of hydrogen-bond acceptors (Lipinski definition) is 3. The lowest BCUT2D eigenvalue weighted by molar-refractivity contribution is 0.0696. The minimum atomic E-state index is -0.762. The number of nitrogens with zero attached hydrogens (tertiary/aromatic N) is 2. The predicted octanol–water partition coefficient (Wildman–Crippen LogP) is 1.56. The SMILES string of the molecule is NC(=NO)C1CCCN(C(=O)c2cc(F)ccc2F)C1. The van der Waals surface area contributed by atoms with Gasteiger partial charge in [0, 0.05) is 19.0 Å². The Bertz CT molecular complexity index is 548. The molecule has 20 heavy (non-hydrogen) atoms. The normalized spacial score (nSPS) is 20.0. The lowest BCUT2D eigenvalue weighted by atomic mass is 9.96. The standard InChI is InChI=1S/C13H15F2N3O2/c14-9-3-4-11(15)10(6-9)13(19)18-5-1-2-8(7-18)12(16)17-20/h3-4,6,8,20H,1-2,5,7H2,(H2,16,17). The summed E-state index contributed by atoms with van der Waals surface area (Å²) in [5.41, 5.74) is 5.23. The van der Waals surface area contributed by atoms with Crippen LogP contribution in [0.15, 0.2) is 23.4 Å². The van der Waals surface area contributed by atoms with E-state index in [1.165, 1.54) is 4.90 Å². The molecule has 3 N–H and O–H groups in total. The Morgan fingerprint density at radius 3 is 2.90 bits per heavy atom. The van der Waals surface area contributed by atoms with E-state index < -0.39 is 17.5 Å². The molecule has 0 radical (unpaired) electrons. The minimum absolute atomic E-state index is 0.0437. The molecule has 0 aromatic heterocycles. The fourth-order valence-corrected chi connectivity index (χ4v) is 2.32. The molecule has 1 aliphatic rings. The van der Waals surface area contributed by atoms with Crippen molar-refractivity contribution in [2.75, 3.05) is 13.1 Å². The summed E-state index contributed by atoms with van der Waals surface area (Å²) in [6, 6.07) is 2.76. The molecule has 1 unspecified atom stereocenters. The van der Waals surface area contributed by atoms with Crippen molar-refractivity contribution in [2.45, 2.75) is 12.8 Å². The Morgan fingerprint density at radius 1 is 1.45 bits per heavy atom. The smallest absolute Gasteiger partial charge is 0.256 e. The van der Waals surface area contributed by atoms with Crippen molar-refractivity contribution in [1.29, 1.82) is 0 Å². The molecule has 1 atom stereocenters. The molecule has 1 amide bonds. The van der Waals surface area contributed by atoms with Gasteiger partial charge in [0.15, 0.2) is 0 Å². The van der Waals surface area contributed by atoms with E-state index in [4.69, 9.17) is 10.9 Å². The summed E-state index contributed by atoms with van der Waals surface area (Å²) < 4.78 is 26.7. The van der Waals surface area contributed by atoms with Crippen LogP contribution < -0.4 is 5.73 Å². The molecule has 1 aromatic rings. The Kier molecular flexibility index (Phi) is 4.16. The highest BCUT2D eigenvalue weighted by Gasteiger charge is 2.28. The zero-order chi connectivity index (χ0) is 14.7. The van der Waals surface area contributed by atoms with Crippen molar-refractivity contribution < 1.29 is 18.8 Å². The van der Waals surface area contributed by atoms with Crippen molar-refractivity contribution in [3.8, 4) is 0 Å². The Hall–Kier alpha value is -2.18. The van der Waals surface area contributed by atoms with Crippen molar-refractivity contribution in [3.05, 3.63) is 35.4 Å². The molecule has 1 fully saturated rings. The molecule has 0 aliphatic carbocycles. The van der Waals surface area contributed by atoms with Crippen LogP contribution in [0.2, 0.25) is 0 Å². The van der Waals surface area contributed by atoms with Gasteiger partial charge in [0.05, 0.1) is 5.56 Å². The maximum Gasteiger partial charge on any atom is 0.256 e. The molecule has 7 heteroatoms. The Morgan fingerprint density at radius 2 is 2.20 bits per heavy atom. The number of halogens is 2. The van der Waals surface area contributed by atoms with Gasteiger partial charge in [-0.25, -0.2) is 8.78 Å². The lowest BCUT2D eigenvalue weighted by Crippen LogP contribution is -2.44. The number of carbonyl (C=O) groups is 1. The van der Waals surface area contributed by atoms with Gasteiger partial charge < -0.3 is 15.8 Å². The fraction of sp³-hybridized carbons (Fsp3) is 0.385. The van der Waals surface area contributed by atoms with Crippen LogP contribution in [-0.2, 0) is 0 Å². The number of rotatable bonds is 2. The molecular weight excluding hydrogens is 268 g/mol. The third-order valence-electron chi connectivity index (χ3n) is 3.40. The van der Waals surface area contributed by atoms with E-state index in [2.05, 4.69) is 5.16 Å². The van der Waals surface area contributed by atoms with Gasteiger partial charge in [0.2, 0.25) is 0 Å². The minimum Gasteiger partial charge on any atom is -0.409 e. The molecule has 0 bridgehead atoms. The Balaban J connectivity index is 2.18. The molecule has 2 rings (SSSR count). The van der Waals surface area contributed by atoms with E-state index >= 15 is 0 Å². The summed E-state index contributed by atoms with van der Waals surface area (Å²) in [7, 11) is 0. The van der Waals surface area contributed by atoms with Gasteiger partial charge in [-0.3, -0.25) is 4.79 Å². The van der Waals surface area contributed by atoms with Crippen LogP contribution in [0.25, 0.3) is 0 Å². The van der Waals surface area contributed by atoms with E-state index in [0.29, 0.717) is 19.4 Å². The van der Waals surface area contributed by atoms with Gasteiger partial charge in [-0.15, -0.1) is 0 Å². The van der Waals surface area contributed by atoms with E-state index in [-0.39, 0.29) is 23.9 Å². The van der Waals surface area contributed by atoms with Crippen LogP contribution in [0.5, 0.6) is 0 Å². The fourth-order valence-electron chi connectivity index (χ4n) is 2.32. The summed E-state index contributed by atoms with van der Waals surface area (Å²) >= 11 is 0. The summed E-state index contributed by atoms with van der Waals surface area (Å²) in [4.78, 5) is 13.6. The first-order chi connectivity index (χ1) is 9.52. The predicted molar refractivity (Wildman–Crippen MR) is 68.4 cm³/mol. The highest BCUT2D eigenvalue weighted by atomic mass is 19.1. The number of oxime groups is 1. The third kappa shape index (κ3) is 2.87. The summed E-state index contributed by atoms with van der Waals surface area (Å²) in [6.07, 6.45) is 1.34. The number of piperidine rings is 1. The zero-order valence-electron chi connectivity index (χ0n) is 10.7. The molecule has 1 heterocycles.